The molecule has 8 nitrogen and oxygen atoms in total. The van der Waals surface area contributed by atoms with Crippen molar-refractivity contribution < 1.29 is 8.42 Å². The van der Waals surface area contributed by atoms with Crippen LogP contribution in [0, 0.1) is 6.92 Å². The summed E-state index contributed by atoms with van der Waals surface area (Å²) < 4.78 is 29.7. The summed E-state index contributed by atoms with van der Waals surface area (Å²) in [4.78, 5) is 9.87. The predicted octanol–water partition coefficient (Wildman–Crippen LogP) is 4.74. The van der Waals surface area contributed by atoms with Crippen LogP contribution in [0.15, 0.2) is 59.6 Å². The lowest BCUT2D eigenvalue weighted by Gasteiger charge is -2.16. The molecule has 0 radical (unpaired) electrons. The number of anilines is 2. The minimum absolute atomic E-state index is 0.269. The zero-order chi connectivity index (χ0) is 23.7. The average molecular weight is 477 g/mol. The van der Waals surface area contributed by atoms with E-state index in [0.717, 1.165) is 36.9 Å². The Morgan fingerprint density at radius 3 is 2.53 bits per heavy atom. The Morgan fingerprint density at radius 1 is 1.03 bits per heavy atom. The number of aromatic nitrogens is 4. The number of hydrogen-bond acceptors (Lipinski definition) is 6. The molecule has 1 aliphatic heterocycles. The fourth-order valence-corrected chi connectivity index (χ4v) is 5.77. The highest BCUT2D eigenvalue weighted by atomic mass is 32.2. The lowest BCUT2D eigenvalue weighted by atomic mass is 10.2. The first-order valence-electron chi connectivity index (χ1n) is 11.6. The fourth-order valence-electron chi connectivity index (χ4n) is 4.20. The number of benzene rings is 2. The maximum absolute atomic E-state index is 13.1. The number of aryl methyl sites for hydroxylation is 2. The number of fused-ring (bicyclic) bond motifs is 1. The normalized spacial score (nSPS) is 14.6. The third-order valence-corrected chi connectivity index (χ3v) is 7.94. The second kappa shape index (κ2) is 9.15. The summed E-state index contributed by atoms with van der Waals surface area (Å²) in [6, 6.07) is 15.0. The van der Waals surface area contributed by atoms with Crippen LogP contribution in [0.4, 0.5) is 11.5 Å². The van der Waals surface area contributed by atoms with Crippen molar-refractivity contribution in [2.75, 3.05) is 18.4 Å². The summed E-state index contributed by atoms with van der Waals surface area (Å²) in [7, 11) is -3.54. The van der Waals surface area contributed by atoms with E-state index in [-0.39, 0.29) is 4.90 Å². The van der Waals surface area contributed by atoms with E-state index in [0.29, 0.717) is 35.9 Å². The summed E-state index contributed by atoms with van der Waals surface area (Å²) in [5.74, 6) is 1.09. The summed E-state index contributed by atoms with van der Waals surface area (Å²) in [6.07, 6.45) is 4.49. The smallest absolute Gasteiger partial charge is 0.243 e. The molecule has 0 aliphatic carbocycles. The summed E-state index contributed by atoms with van der Waals surface area (Å²) in [6.45, 7) is 6.00. The van der Waals surface area contributed by atoms with Crippen LogP contribution in [0.1, 0.15) is 31.7 Å². The van der Waals surface area contributed by atoms with Gasteiger partial charge in [-0.1, -0.05) is 36.8 Å². The molecule has 176 valence electrons. The first-order valence-corrected chi connectivity index (χ1v) is 13.1. The van der Waals surface area contributed by atoms with E-state index in [4.69, 9.17) is 9.97 Å². The van der Waals surface area contributed by atoms with Crippen molar-refractivity contribution >= 4 is 32.6 Å². The van der Waals surface area contributed by atoms with Crippen LogP contribution in [0.5, 0.6) is 0 Å². The average Bonchev–Trinajstić information content (AvgIpc) is 3.52. The van der Waals surface area contributed by atoms with Crippen LogP contribution < -0.4 is 5.32 Å². The number of nitrogens with zero attached hydrogens (tertiary/aromatic N) is 5. The molecule has 9 heteroatoms. The molecule has 1 fully saturated rings. The molecular weight excluding hydrogens is 448 g/mol. The van der Waals surface area contributed by atoms with Crippen molar-refractivity contribution in [3.05, 3.63) is 60.3 Å². The third kappa shape index (κ3) is 4.28. The Hall–Kier alpha value is -3.30. The molecule has 1 saturated heterocycles. The molecule has 0 unspecified atom stereocenters. The van der Waals surface area contributed by atoms with Gasteiger partial charge in [0.2, 0.25) is 10.0 Å². The maximum Gasteiger partial charge on any atom is 0.243 e. The lowest BCUT2D eigenvalue weighted by molar-refractivity contribution is 0.477. The molecule has 0 saturated carbocycles. The van der Waals surface area contributed by atoms with Crippen molar-refractivity contribution in [3.63, 3.8) is 0 Å². The standard InChI is InChI=1S/C25H28N6O2S/c1-3-13-31-25-22(17-26-31)24(27-20-11-9-18(2)10-12-20)28-23(29-25)19-7-6-8-21(16-19)34(32,33)30-14-4-5-15-30/h6-12,16-17H,3-5,13-15H2,1-2H3,(H,27,28,29). The molecule has 2 aromatic heterocycles. The van der Waals surface area contributed by atoms with Gasteiger partial charge in [-0.05, 0) is 50.5 Å². The number of rotatable bonds is 7. The zero-order valence-corrected chi connectivity index (χ0v) is 20.2. The topological polar surface area (TPSA) is 93.0 Å². The van der Waals surface area contributed by atoms with E-state index in [9.17, 15) is 8.42 Å². The maximum atomic E-state index is 13.1. The summed E-state index contributed by atoms with van der Waals surface area (Å²) in [5, 5.41) is 8.73. The van der Waals surface area contributed by atoms with E-state index in [1.165, 1.54) is 5.56 Å². The van der Waals surface area contributed by atoms with E-state index in [2.05, 4.69) is 17.3 Å². The highest BCUT2D eigenvalue weighted by molar-refractivity contribution is 7.89. The first-order chi connectivity index (χ1) is 16.5. The first kappa shape index (κ1) is 22.5. The fraction of sp³-hybridized carbons (Fsp3) is 0.320. The molecule has 0 amide bonds. The largest absolute Gasteiger partial charge is 0.339 e. The van der Waals surface area contributed by atoms with Crippen molar-refractivity contribution in [2.24, 2.45) is 0 Å². The van der Waals surface area contributed by atoms with Crippen molar-refractivity contribution in [3.8, 4) is 11.4 Å². The van der Waals surface area contributed by atoms with Gasteiger partial charge in [-0.3, -0.25) is 0 Å². The van der Waals surface area contributed by atoms with Gasteiger partial charge in [0.15, 0.2) is 11.5 Å². The predicted molar refractivity (Wildman–Crippen MR) is 134 cm³/mol. The molecule has 34 heavy (non-hydrogen) atoms. The van der Waals surface area contributed by atoms with Gasteiger partial charge in [0.1, 0.15) is 5.82 Å². The van der Waals surface area contributed by atoms with Gasteiger partial charge in [-0.2, -0.15) is 9.40 Å². The molecule has 2 aromatic carbocycles. The van der Waals surface area contributed by atoms with Crippen LogP contribution >= 0.6 is 0 Å². The van der Waals surface area contributed by atoms with Gasteiger partial charge in [-0.25, -0.2) is 23.1 Å². The Labute approximate surface area is 199 Å². The Kier molecular flexibility index (Phi) is 6.05. The molecule has 0 atom stereocenters. The lowest BCUT2D eigenvalue weighted by Crippen LogP contribution is -2.27. The SMILES string of the molecule is CCCn1ncc2c(Nc3ccc(C)cc3)nc(-c3cccc(S(=O)(=O)N4CCCC4)c3)nc21. The second-order valence-corrected chi connectivity index (χ2v) is 10.6. The van der Waals surface area contributed by atoms with Gasteiger partial charge in [0.05, 0.1) is 16.5 Å². The number of nitrogens with one attached hydrogen (secondary N) is 1. The van der Waals surface area contributed by atoms with Gasteiger partial charge in [0.25, 0.3) is 0 Å². The van der Waals surface area contributed by atoms with Crippen LogP contribution in [-0.4, -0.2) is 45.6 Å². The monoisotopic (exact) mass is 476 g/mol. The second-order valence-electron chi connectivity index (χ2n) is 8.63. The highest BCUT2D eigenvalue weighted by Gasteiger charge is 2.27. The van der Waals surface area contributed by atoms with E-state index >= 15 is 0 Å². The van der Waals surface area contributed by atoms with E-state index in [1.807, 2.05) is 41.9 Å². The van der Waals surface area contributed by atoms with Crippen molar-refractivity contribution in [1.82, 2.24) is 24.1 Å². The highest BCUT2D eigenvalue weighted by Crippen LogP contribution is 2.29. The number of sulfonamides is 1. The molecule has 0 bridgehead atoms. The van der Waals surface area contributed by atoms with Crippen LogP contribution in [0.2, 0.25) is 0 Å². The summed E-state index contributed by atoms with van der Waals surface area (Å²) in [5.41, 5.74) is 3.45. The van der Waals surface area contributed by atoms with E-state index < -0.39 is 10.0 Å². The Morgan fingerprint density at radius 2 is 1.79 bits per heavy atom. The molecule has 5 rings (SSSR count). The van der Waals surface area contributed by atoms with Gasteiger partial charge in [-0.15, -0.1) is 0 Å². The summed E-state index contributed by atoms with van der Waals surface area (Å²) >= 11 is 0. The molecule has 0 spiro atoms. The van der Waals surface area contributed by atoms with Crippen LogP contribution in [-0.2, 0) is 16.6 Å². The molecule has 4 aromatic rings. The molecule has 1 aliphatic rings. The quantitative estimate of drug-likeness (QED) is 0.414. The molecular formula is C25H28N6O2S. The van der Waals surface area contributed by atoms with Crippen LogP contribution in [0.25, 0.3) is 22.4 Å². The Balaban J connectivity index is 1.60. The number of hydrogen-bond donors (Lipinski definition) is 1. The van der Waals surface area contributed by atoms with Crippen molar-refractivity contribution in [1.29, 1.82) is 0 Å². The van der Waals surface area contributed by atoms with Gasteiger partial charge < -0.3 is 5.32 Å². The minimum atomic E-state index is -3.54. The zero-order valence-electron chi connectivity index (χ0n) is 19.4. The van der Waals surface area contributed by atoms with Crippen molar-refractivity contribution in [2.45, 2.75) is 44.6 Å². The van der Waals surface area contributed by atoms with E-state index in [1.54, 1.807) is 28.7 Å². The third-order valence-electron chi connectivity index (χ3n) is 6.04. The van der Waals surface area contributed by atoms with Gasteiger partial charge in [0, 0.05) is 30.9 Å². The molecule has 1 N–H and O–H groups in total. The Bertz CT molecular complexity index is 1420. The molecule has 3 heterocycles. The van der Waals surface area contributed by atoms with Crippen LogP contribution in [0.3, 0.4) is 0 Å². The minimum Gasteiger partial charge on any atom is -0.339 e. The van der Waals surface area contributed by atoms with Gasteiger partial charge >= 0.3 is 0 Å².